The number of hydrogen-bond acceptors (Lipinski definition) is 1. The van der Waals surface area contributed by atoms with Crippen LogP contribution in [0.3, 0.4) is 0 Å². The maximum absolute atomic E-state index is 3.77. The molecular weight excluding hydrogens is 146 g/mol. The molecule has 2 atom stereocenters. The highest BCUT2D eigenvalue weighted by Crippen LogP contribution is 2.20. The Morgan fingerprint density at radius 1 is 1.42 bits per heavy atom. The zero-order valence-electron chi connectivity index (χ0n) is 8.34. The van der Waals surface area contributed by atoms with Crippen LogP contribution in [0.4, 0.5) is 0 Å². The van der Waals surface area contributed by atoms with Crippen molar-refractivity contribution in [1.29, 1.82) is 0 Å². The fraction of sp³-hybridized carbons (Fsp3) is 0.818. The van der Waals surface area contributed by atoms with Gasteiger partial charge in [-0.2, -0.15) is 0 Å². The summed E-state index contributed by atoms with van der Waals surface area (Å²) in [5.74, 6) is 1.55. The van der Waals surface area contributed by atoms with Crippen molar-refractivity contribution < 1.29 is 0 Å². The van der Waals surface area contributed by atoms with Crippen molar-refractivity contribution in [2.45, 2.75) is 39.2 Å². The lowest BCUT2D eigenvalue weighted by molar-refractivity contribution is 0.369. The molecule has 0 amide bonds. The lowest BCUT2D eigenvalue weighted by Crippen LogP contribution is -2.26. The van der Waals surface area contributed by atoms with Gasteiger partial charge in [0.05, 0.1) is 0 Å². The molecule has 1 rings (SSSR count). The van der Waals surface area contributed by atoms with E-state index >= 15 is 0 Å². The molecule has 1 fully saturated rings. The predicted octanol–water partition coefficient (Wildman–Crippen LogP) is 2.59. The van der Waals surface area contributed by atoms with Gasteiger partial charge in [-0.15, -0.1) is 6.58 Å². The number of hydrogen-bond donors (Lipinski definition) is 1. The third kappa shape index (κ3) is 3.40. The van der Waals surface area contributed by atoms with E-state index in [1.54, 1.807) is 0 Å². The van der Waals surface area contributed by atoms with Crippen LogP contribution in [0, 0.1) is 11.8 Å². The summed E-state index contributed by atoms with van der Waals surface area (Å²) < 4.78 is 0. The first kappa shape index (κ1) is 9.79. The average molecular weight is 167 g/mol. The smallest absolute Gasteiger partial charge is 0.00683 e. The second-order valence-corrected chi connectivity index (χ2v) is 4.16. The van der Waals surface area contributed by atoms with Crippen LogP contribution in [0.15, 0.2) is 12.7 Å². The third-order valence-corrected chi connectivity index (χ3v) is 2.82. The first-order chi connectivity index (χ1) is 5.74. The Balaban J connectivity index is 2.07. The third-order valence-electron chi connectivity index (χ3n) is 2.82. The van der Waals surface area contributed by atoms with Gasteiger partial charge in [-0.05, 0) is 37.6 Å². The van der Waals surface area contributed by atoms with E-state index in [0.717, 1.165) is 24.3 Å². The summed E-state index contributed by atoms with van der Waals surface area (Å²) in [6.45, 7) is 9.58. The molecule has 0 radical (unpaired) electrons. The number of allylic oxidation sites excluding steroid dienone is 1. The van der Waals surface area contributed by atoms with Gasteiger partial charge in [0.15, 0.2) is 0 Å². The van der Waals surface area contributed by atoms with E-state index in [1.807, 2.05) is 6.08 Å². The van der Waals surface area contributed by atoms with Gasteiger partial charge < -0.3 is 5.32 Å². The van der Waals surface area contributed by atoms with Crippen LogP contribution in [0.5, 0.6) is 0 Å². The van der Waals surface area contributed by atoms with Gasteiger partial charge in [-0.3, -0.25) is 0 Å². The minimum absolute atomic E-state index is 0.772. The second kappa shape index (κ2) is 4.66. The average Bonchev–Trinajstić information content (AvgIpc) is 2.83. The molecule has 0 aliphatic heterocycles. The van der Waals surface area contributed by atoms with E-state index in [2.05, 4.69) is 25.7 Å². The highest BCUT2D eigenvalue weighted by atomic mass is 14.9. The molecule has 12 heavy (non-hydrogen) atoms. The van der Waals surface area contributed by atoms with Crippen LogP contribution in [-0.2, 0) is 0 Å². The highest BCUT2D eigenvalue weighted by Gasteiger charge is 2.21. The van der Waals surface area contributed by atoms with Crippen molar-refractivity contribution in [3.8, 4) is 0 Å². The zero-order valence-corrected chi connectivity index (χ0v) is 8.34. The molecule has 0 spiro atoms. The summed E-state index contributed by atoms with van der Waals surface area (Å²) in [5.41, 5.74) is 0. The van der Waals surface area contributed by atoms with Crippen LogP contribution in [-0.4, -0.2) is 12.6 Å². The highest BCUT2D eigenvalue weighted by molar-refractivity contribution is 4.82. The van der Waals surface area contributed by atoms with E-state index in [1.165, 1.54) is 19.4 Å². The van der Waals surface area contributed by atoms with Crippen molar-refractivity contribution in [1.82, 2.24) is 5.32 Å². The number of rotatable bonds is 6. The molecule has 2 unspecified atom stereocenters. The van der Waals surface area contributed by atoms with Crippen LogP contribution in [0.25, 0.3) is 0 Å². The Morgan fingerprint density at radius 3 is 2.58 bits per heavy atom. The second-order valence-electron chi connectivity index (χ2n) is 4.16. The van der Waals surface area contributed by atoms with Crippen LogP contribution in [0.1, 0.15) is 33.1 Å². The quantitative estimate of drug-likeness (QED) is 0.600. The van der Waals surface area contributed by atoms with E-state index in [9.17, 15) is 0 Å². The minimum atomic E-state index is 0.772. The van der Waals surface area contributed by atoms with E-state index < -0.39 is 0 Å². The van der Waals surface area contributed by atoms with Gasteiger partial charge in [-0.25, -0.2) is 0 Å². The van der Waals surface area contributed by atoms with E-state index in [4.69, 9.17) is 0 Å². The molecule has 70 valence electrons. The van der Waals surface area contributed by atoms with Gasteiger partial charge >= 0.3 is 0 Å². The molecule has 1 aliphatic carbocycles. The fourth-order valence-electron chi connectivity index (χ4n) is 1.34. The minimum Gasteiger partial charge on any atom is -0.314 e. The predicted molar refractivity (Wildman–Crippen MR) is 54.2 cm³/mol. The number of nitrogens with one attached hydrogen (secondary N) is 1. The largest absolute Gasteiger partial charge is 0.314 e. The Hall–Kier alpha value is -0.300. The van der Waals surface area contributed by atoms with Crippen LogP contribution >= 0.6 is 0 Å². The molecule has 1 heteroatoms. The van der Waals surface area contributed by atoms with Gasteiger partial charge in [0, 0.05) is 6.04 Å². The summed E-state index contributed by atoms with van der Waals surface area (Å²) in [6.07, 6.45) is 5.96. The molecule has 0 heterocycles. The van der Waals surface area contributed by atoms with Crippen molar-refractivity contribution in [2.24, 2.45) is 11.8 Å². The normalized spacial score (nSPS) is 21.8. The summed E-state index contributed by atoms with van der Waals surface area (Å²) in [7, 11) is 0. The first-order valence-electron chi connectivity index (χ1n) is 5.08. The molecular formula is C11H21N. The fourth-order valence-corrected chi connectivity index (χ4v) is 1.34. The summed E-state index contributed by atoms with van der Waals surface area (Å²) in [4.78, 5) is 0. The van der Waals surface area contributed by atoms with Crippen LogP contribution in [0.2, 0.25) is 0 Å². The van der Waals surface area contributed by atoms with Gasteiger partial charge in [0.1, 0.15) is 0 Å². The first-order valence-corrected chi connectivity index (χ1v) is 5.08. The van der Waals surface area contributed by atoms with Crippen molar-refractivity contribution >= 4 is 0 Å². The van der Waals surface area contributed by atoms with Crippen molar-refractivity contribution in [2.75, 3.05) is 6.54 Å². The Morgan fingerprint density at radius 2 is 2.08 bits per heavy atom. The standard InChI is InChI=1S/C11H21N/c1-4-5-9(2)10(3)8-12-11-6-7-11/h4,9-12H,1,5-8H2,2-3H3. The topological polar surface area (TPSA) is 12.0 Å². The maximum Gasteiger partial charge on any atom is 0.00683 e. The lowest BCUT2D eigenvalue weighted by atomic mass is 9.93. The summed E-state index contributed by atoms with van der Waals surface area (Å²) >= 11 is 0. The van der Waals surface area contributed by atoms with Crippen molar-refractivity contribution in [3.63, 3.8) is 0 Å². The monoisotopic (exact) mass is 167 g/mol. The summed E-state index contributed by atoms with van der Waals surface area (Å²) in [6, 6.07) is 0.850. The molecule has 1 nitrogen and oxygen atoms in total. The summed E-state index contributed by atoms with van der Waals surface area (Å²) in [5, 5.41) is 3.56. The SMILES string of the molecule is C=CCC(C)C(C)CNC1CC1. The van der Waals surface area contributed by atoms with E-state index in [-0.39, 0.29) is 0 Å². The lowest BCUT2D eigenvalue weighted by Gasteiger charge is -2.18. The molecule has 0 aromatic rings. The molecule has 0 saturated heterocycles. The zero-order chi connectivity index (χ0) is 8.97. The molecule has 1 N–H and O–H groups in total. The molecule has 1 saturated carbocycles. The van der Waals surface area contributed by atoms with E-state index in [0.29, 0.717) is 0 Å². The Bertz CT molecular complexity index is 138. The van der Waals surface area contributed by atoms with Gasteiger partial charge in [0.2, 0.25) is 0 Å². The molecule has 0 bridgehead atoms. The van der Waals surface area contributed by atoms with Crippen molar-refractivity contribution in [3.05, 3.63) is 12.7 Å². The van der Waals surface area contributed by atoms with Gasteiger partial charge in [-0.1, -0.05) is 19.9 Å². The van der Waals surface area contributed by atoms with Gasteiger partial charge in [0.25, 0.3) is 0 Å². The maximum atomic E-state index is 3.77. The molecule has 0 aromatic heterocycles. The Labute approximate surface area is 76.2 Å². The Kier molecular flexibility index (Phi) is 3.80. The van der Waals surface area contributed by atoms with Crippen LogP contribution < -0.4 is 5.32 Å². The molecule has 0 aromatic carbocycles. The molecule has 1 aliphatic rings.